The number of aryl methyl sites for hydroxylation is 1. The highest BCUT2D eigenvalue weighted by atomic mass is 28.4. The van der Waals surface area contributed by atoms with E-state index in [1.54, 1.807) is 20.0 Å². The van der Waals surface area contributed by atoms with Crippen LogP contribution in [-0.2, 0) is 22.7 Å². The standard InChI is InChI=1S/C38H42N4O4Si/c1-26(46-47(37(2,3)4,31-13-9-7-10-14-31)32-15-11-8-12-16-32)38(5,40)35(43)41-30(25-39)23-27-17-19-28(20-18-27)29-21-22-34-33(24-29)42(6)36(44)45-34/h7-22,24,26,30H,23,40H2,1-6H3,(H,41,43)/t26-,30+,38+/m1/s1. The zero-order valence-corrected chi connectivity index (χ0v) is 28.8. The second-order valence-electron chi connectivity index (χ2n) is 13.4. The van der Waals surface area contributed by atoms with Crippen molar-refractivity contribution in [3.05, 3.63) is 119 Å². The van der Waals surface area contributed by atoms with Gasteiger partial charge in [-0.05, 0) is 58.1 Å². The summed E-state index contributed by atoms with van der Waals surface area (Å²) in [6.45, 7) is 10.0. The zero-order chi connectivity index (χ0) is 34.0. The Labute approximate surface area is 276 Å². The van der Waals surface area contributed by atoms with Gasteiger partial charge in [0.2, 0.25) is 5.91 Å². The summed E-state index contributed by atoms with van der Waals surface area (Å²) in [5.41, 5.74) is 9.36. The number of aromatic nitrogens is 1. The van der Waals surface area contributed by atoms with E-state index in [0.717, 1.165) is 27.1 Å². The molecule has 1 aromatic heterocycles. The van der Waals surface area contributed by atoms with Crippen LogP contribution in [0.4, 0.5) is 0 Å². The van der Waals surface area contributed by atoms with Crippen LogP contribution in [0.5, 0.6) is 0 Å². The smallest absolute Gasteiger partial charge is 0.408 e. The molecule has 0 saturated carbocycles. The van der Waals surface area contributed by atoms with Gasteiger partial charge in [-0.25, -0.2) is 4.79 Å². The second kappa shape index (κ2) is 13.2. The Balaban J connectivity index is 1.33. The fourth-order valence-corrected chi connectivity index (χ4v) is 10.9. The van der Waals surface area contributed by atoms with Crippen LogP contribution >= 0.6 is 0 Å². The van der Waals surface area contributed by atoms with Crippen LogP contribution in [0.15, 0.2) is 112 Å². The van der Waals surface area contributed by atoms with Crippen LogP contribution in [0.1, 0.15) is 40.2 Å². The summed E-state index contributed by atoms with van der Waals surface area (Å²) in [5, 5.41) is 14.8. The molecule has 0 fully saturated rings. The van der Waals surface area contributed by atoms with Crippen LogP contribution in [0.2, 0.25) is 5.04 Å². The van der Waals surface area contributed by atoms with Gasteiger partial charge in [-0.2, -0.15) is 5.26 Å². The van der Waals surface area contributed by atoms with Gasteiger partial charge in [0.25, 0.3) is 8.32 Å². The number of nitrogens with zero attached hydrogens (tertiary/aromatic N) is 2. The van der Waals surface area contributed by atoms with Gasteiger partial charge in [0.15, 0.2) is 5.58 Å². The van der Waals surface area contributed by atoms with E-state index in [1.165, 1.54) is 4.57 Å². The van der Waals surface area contributed by atoms with E-state index in [9.17, 15) is 14.9 Å². The Morgan fingerprint density at radius 1 is 0.936 bits per heavy atom. The minimum Gasteiger partial charge on any atom is -0.408 e. The van der Waals surface area contributed by atoms with Crippen molar-refractivity contribution >= 4 is 35.7 Å². The first-order valence-electron chi connectivity index (χ1n) is 15.7. The molecule has 0 spiro atoms. The summed E-state index contributed by atoms with van der Waals surface area (Å²) in [4.78, 5) is 25.6. The van der Waals surface area contributed by atoms with Crippen molar-refractivity contribution in [1.29, 1.82) is 5.26 Å². The summed E-state index contributed by atoms with van der Waals surface area (Å²) in [5.74, 6) is -0.861. The third kappa shape index (κ3) is 6.58. The van der Waals surface area contributed by atoms with E-state index in [1.807, 2.05) is 79.7 Å². The molecular weight excluding hydrogens is 605 g/mol. The molecule has 242 valence electrons. The molecule has 5 rings (SSSR count). The van der Waals surface area contributed by atoms with E-state index in [-0.39, 0.29) is 5.04 Å². The third-order valence-electron chi connectivity index (χ3n) is 9.08. The van der Waals surface area contributed by atoms with Gasteiger partial charge < -0.3 is 19.9 Å². The molecule has 0 aliphatic carbocycles. The SMILES string of the molecule is C[C@@H](O[Si](c1ccccc1)(c1ccccc1)C(C)(C)C)[C@](C)(N)C(=O)N[C@H](C#N)Cc1ccc(-c2ccc3oc(=O)n(C)c3c2)cc1. The minimum atomic E-state index is -2.98. The van der Waals surface area contributed by atoms with Crippen molar-refractivity contribution in [3.8, 4) is 17.2 Å². The first kappa shape index (κ1) is 33.6. The molecule has 8 nitrogen and oxygen atoms in total. The number of rotatable bonds is 10. The molecule has 0 aliphatic heterocycles. The molecule has 9 heteroatoms. The molecule has 3 atom stereocenters. The molecule has 5 aromatic rings. The van der Waals surface area contributed by atoms with Gasteiger partial charge in [-0.1, -0.05) is 112 Å². The number of hydrogen-bond donors (Lipinski definition) is 2. The van der Waals surface area contributed by atoms with Crippen LogP contribution < -0.4 is 27.2 Å². The number of carbonyl (C=O) groups excluding carboxylic acids is 1. The summed E-state index contributed by atoms with van der Waals surface area (Å²) in [6, 6.07) is 35.2. The number of nitrogens with one attached hydrogen (secondary N) is 1. The van der Waals surface area contributed by atoms with E-state index < -0.39 is 37.7 Å². The Bertz CT molecular complexity index is 1910. The molecule has 0 radical (unpaired) electrons. The lowest BCUT2D eigenvalue weighted by Gasteiger charge is -2.47. The highest BCUT2D eigenvalue weighted by Gasteiger charge is 2.53. The number of benzene rings is 4. The van der Waals surface area contributed by atoms with E-state index in [2.05, 4.69) is 56.4 Å². The summed E-state index contributed by atoms with van der Waals surface area (Å²) < 4.78 is 13.8. The summed E-state index contributed by atoms with van der Waals surface area (Å²) >= 11 is 0. The second-order valence-corrected chi connectivity index (χ2v) is 17.6. The van der Waals surface area contributed by atoms with Crippen molar-refractivity contribution < 1.29 is 13.6 Å². The van der Waals surface area contributed by atoms with Crippen LogP contribution in [0.25, 0.3) is 22.2 Å². The Kier molecular flexibility index (Phi) is 9.41. The molecular formula is C38H42N4O4Si. The number of nitriles is 1. The Morgan fingerprint density at radius 2 is 1.49 bits per heavy atom. The number of carbonyl (C=O) groups is 1. The predicted molar refractivity (Wildman–Crippen MR) is 189 cm³/mol. The number of hydrogen-bond acceptors (Lipinski definition) is 6. The van der Waals surface area contributed by atoms with Gasteiger partial charge in [-0.15, -0.1) is 0 Å². The first-order chi connectivity index (χ1) is 22.3. The molecule has 0 saturated heterocycles. The lowest BCUT2D eigenvalue weighted by atomic mass is 9.95. The van der Waals surface area contributed by atoms with Crippen LogP contribution in [0, 0.1) is 11.3 Å². The number of fused-ring (bicyclic) bond motifs is 1. The van der Waals surface area contributed by atoms with Crippen molar-refractivity contribution in [1.82, 2.24) is 9.88 Å². The number of nitrogens with two attached hydrogens (primary N) is 1. The first-order valence-corrected chi connectivity index (χ1v) is 17.7. The quantitative estimate of drug-likeness (QED) is 0.205. The normalized spacial score (nSPS) is 14.6. The maximum atomic E-state index is 13.8. The predicted octanol–water partition coefficient (Wildman–Crippen LogP) is 5.03. The number of amides is 1. The Morgan fingerprint density at radius 3 is 2.02 bits per heavy atom. The van der Waals surface area contributed by atoms with Crippen molar-refractivity contribution in [3.63, 3.8) is 0 Å². The fourth-order valence-electron chi connectivity index (χ4n) is 6.08. The van der Waals surface area contributed by atoms with Crippen molar-refractivity contribution in [2.24, 2.45) is 12.8 Å². The largest absolute Gasteiger partial charge is 0.419 e. The average molecular weight is 647 g/mol. The van der Waals surface area contributed by atoms with Gasteiger partial charge in [-0.3, -0.25) is 9.36 Å². The lowest BCUT2D eigenvalue weighted by molar-refractivity contribution is -0.129. The average Bonchev–Trinajstić information content (AvgIpc) is 3.35. The summed E-state index contributed by atoms with van der Waals surface area (Å²) in [7, 11) is -1.30. The molecule has 1 amide bonds. The lowest BCUT2D eigenvalue weighted by Crippen LogP contribution is -2.71. The van der Waals surface area contributed by atoms with Gasteiger partial charge >= 0.3 is 5.76 Å². The molecule has 0 bridgehead atoms. The van der Waals surface area contributed by atoms with Crippen LogP contribution in [0.3, 0.4) is 0 Å². The van der Waals surface area contributed by atoms with Crippen LogP contribution in [-0.4, -0.2) is 36.5 Å². The van der Waals surface area contributed by atoms with E-state index in [4.69, 9.17) is 14.6 Å². The van der Waals surface area contributed by atoms with E-state index >= 15 is 0 Å². The fraction of sp³-hybridized carbons (Fsp3) is 0.289. The van der Waals surface area contributed by atoms with Gasteiger partial charge in [0.05, 0.1) is 17.7 Å². The highest BCUT2D eigenvalue weighted by molar-refractivity contribution is 6.99. The maximum absolute atomic E-state index is 13.8. The monoisotopic (exact) mass is 646 g/mol. The third-order valence-corrected chi connectivity index (χ3v) is 14.2. The minimum absolute atomic E-state index is 0.293. The molecule has 0 aliphatic rings. The van der Waals surface area contributed by atoms with Crippen molar-refractivity contribution in [2.45, 2.75) is 63.8 Å². The molecule has 3 N–H and O–H groups in total. The number of oxazole rings is 1. The molecule has 4 aromatic carbocycles. The topological polar surface area (TPSA) is 123 Å². The highest BCUT2D eigenvalue weighted by Crippen LogP contribution is 2.38. The Hall–Kier alpha value is -4.75. The van der Waals surface area contributed by atoms with Gasteiger partial charge in [0, 0.05) is 13.5 Å². The van der Waals surface area contributed by atoms with Gasteiger partial charge in [0.1, 0.15) is 11.6 Å². The maximum Gasteiger partial charge on any atom is 0.419 e. The van der Waals surface area contributed by atoms with Crippen molar-refractivity contribution in [2.75, 3.05) is 0 Å². The molecule has 47 heavy (non-hydrogen) atoms. The molecule has 0 unspecified atom stereocenters. The van der Waals surface area contributed by atoms with E-state index in [0.29, 0.717) is 17.5 Å². The zero-order valence-electron chi connectivity index (χ0n) is 27.8. The summed E-state index contributed by atoms with van der Waals surface area (Å²) in [6.07, 6.45) is -0.378. The molecule has 1 heterocycles.